The van der Waals surface area contributed by atoms with Gasteiger partial charge in [-0.2, -0.15) is 0 Å². The molecule has 0 spiro atoms. The molecule has 3 rings (SSSR count). The SMILES string of the molecule is CCCN1CCC(Nc2ccc3oc(=O)[nH]c3c2)CC1. The highest BCUT2D eigenvalue weighted by Gasteiger charge is 2.18. The standard InChI is InChI=1S/C15H21N3O2/c1-2-7-18-8-5-11(6-9-18)16-12-3-4-14-13(10-12)17-15(19)20-14/h3-4,10-11,16H,2,5-9H2,1H3,(H,17,19). The number of likely N-dealkylation sites (tertiary alicyclic amines) is 1. The average molecular weight is 275 g/mol. The van der Waals surface area contributed by atoms with Crippen molar-refractivity contribution in [3.05, 3.63) is 28.7 Å². The van der Waals surface area contributed by atoms with Crippen LogP contribution in [0.25, 0.3) is 11.1 Å². The van der Waals surface area contributed by atoms with Crippen LogP contribution >= 0.6 is 0 Å². The van der Waals surface area contributed by atoms with Gasteiger partial charge in [-0.3, -0.25) is 4.98 Å². The summed E-state index contributed by atoms with van der Waals surface area (Å²) in [6.07, 6.45) is 3.56. The zero-order valence-corrected chi connectivity index (χ0v) is 11.8. The molecule has 0 amide bonds. The van der Waals surface area contributed by atoms with Crippen molar-refractivity contribution < 1.29 is 4.42 Å². The predicted octanol–water partition coefficient (Wildman–Crippen LogP) is 2.41. The number of fused-ring (bicyclic) bond motifs is 1. The Bertz CT molecular complexity index is 623. The minimum absolute atomic E-state index is 0.398. The maximum absolute atomic E-state index is 11.1. The van der Waals surface area contributed by atoms with E-state index in [9.17, 15) is 4.79 Å². The van der Waals surface area contributed by atoms with Crippen molar-refractivity contribution in [1.29, 1.82) is 0 Å². The van der Waals surface area contributed by atoms with Gasteiger partial charge in [0.1, 0.15) is 0 Å². The van der Waals surface area contributed by atoms with Crippen molar-refractivity contribution in [2.75, 3.05) is 25.0 Å². The second-order valence-corrected chi connectivity index (χ2v) is 5.49. The highest BCUT2D eigenvalue weighted by Crippen LogP contribution is 2.20. The molecular weight excluding hydrogens is 254 g/mol. The molecule has 0 unspecified atom stereocenters. The van der Waals surface area contributed by atoms with E-state index in [4.69, 9.17) is 4.42 Å². The Hall–Kier alpha value is -1.75. The molecule has 1 aliphatic rings. The highest BCUT2D eigenvalue weighted by atomic mass is 16.4. The number of piperidine rings is 1. The number of hydrogen-bond acceptors (Lipinski definition) is 4. The molecule has 5 heteroatoms. The molecule has 2 heterocycles. The third-order valence-electron chi connectivity index (χ3n) is 3.92. The first kappa shape index (κ1) is 13.2. The molecule has 20 heavy (non-hydrogen) atoms. The molecule has 0 atom stereocenters. The van der Waals surface area contributed by atoms with E-state index in [1.807, 2.05) is 18.2 Å². The van der Waals surface area contributed by atoms with Crippen molar-refractivity contribution in [3.8, 4) is 0 Å². The molecule has 5 nitrogen and oxygen atoms in total. The number of hydrogen-bond donors (Lipinski definition) is 2. The molecule has 0 aliphatic carbocycles. The molecule has 1 aromatic heterocycles. The van der Waals surface area contributed by atoms with Gasteiger partial charge in [-0.05, 0) is 44.0 Å². The van der Waals surface area contributed by atoms with Crippen LogP contribution in [0.2, 0.25) is 0 Å². The van der Waals surface area contributed by atoms with E-state index in [1.165, 1.54) is 25.8 Å². The summed E-state index contributed by atoms with van der Waals surface area (Å²) in [6.45, 7) is 5.76. The van der Waals surface area contributed by atoms with Crippen molar-refractivity contribution in [1.82, 2.24) is 9.88 Å². The first-order chi connectivity index (χ1) is 9.74. The normalized spacial score (nSPS) is 17.6. The first-order valence-corrected chi connectivity index (χ1v) is 7.36. The van der Waals surface area contributed by atoms with Gasteiger partial charge in [0.05, 0.1) is 5.52 Å². The number of rotatable bonds is 4. The summed E-state index contributed by atoms with van der Waals surface area (Å²) in [5, 5.41) is 3.55. The van der Waals surface area contributed by atoms with Crippen molar-refractivity contribution in [2.45, 2.75) is 32.2 Å². The van der Waals surface area contributed by atoms with Crippen LogP contribution in [0.3, 0.4) is 0 Å². The van der Waals surface area contributed by atoms with Crippen molar-refractivity contribution in [2.24, 2.45) is 0 Å². The minimum Gasteiger partial charge on any atom is -0.408 e. The summed E-state index contributed by atoms with van der Waals surface area (Å²) in [6, 6.07) is 6.26. The smallest absolute Gasteiger partial charge is 0.408 e. The second kappa shape index (κ2) is 5.71. The molecule has 1 fully saturated rings. The molecule has 108 valence electrons. The van der Waals surface area contributed by atoms with Crippen LogP contribution in [-0.4, -0.2) is 35.6 Å². The van der Waals surface area contributed by atoms with Gasteiger partial charge < -0.3 is 14.6 Å². The summed E-state index contributed by atoms with van der Waals surface area (Å²) in [5.74, 6) is -0.398. The van der Waals surface area contributed by atoms with Gasteiger partial charge in [0, 0.05) is 24.8 Å². The molecule has 0 radical (unpaired) electrons. The number of aromatic amines is 1. The lowest BCUT2D eigenvalue weighted by molar-refractivity contribution is 0.219. The van der Waals surface area contributed by atoms with Gasteiger partial charge >= 0.3 is 5.76 Å². The van der Waals surface area contributed by atoms with Crippen LogP contribution in [0, 0.1) is 0 Å². The highest BCUT2D eigenvalue weighted by molar-refractivity contribution is 5.76. The molecule has 2 aromatic rings. The van der Waals surface area contributed by atoms with Crippen LogP contribution in [0.15, 0.2) is 27.4 Å². The third-order valence-corrected chi connectivity index (χ3v) is 3.92. The Morgan fingerprint density at radius 1 is 1.40 bits per heavy atom. The average Bonchev–Trinajstić information content (AvgIpc) is 2.81. The van der Waals surface area contributed by atoms with E-state index in [0.717, 1.165) is 24.3 Å². The quantitative estimate of drug-likeness (QED) is 0.899. The fourth-order valence-corrected chi connectivity index (χ4v) is 2.89. The van der Waals surface area contributed by atoms with E-state index in [1.54, 1.807) is 0 Å². The summed E-state index contributed by atoms with van der Waals surface area (Å²) < 4.78 is 5.01. The number of benzene rings is 1. The van der Waals surface area contributed by atoms with Crippen LogP contribution in [0.1, 0.15) is 26.2 Å². The van der Waals surface area contributed by atoms with Crippen LogP contribution in [0.5, 0.6) is 0 Å². The second-order valence-electron chi connectivity index (χ2n) is 5.49. The Morgan fingerprint density at radius 3 is 2.95 bits per heavy atom. The largest absolute Gasteiger partial charge is 0.417 e. The number of oxazole rings is 1. The molecule has 1 aromatic carbocycles. The van der Waals surface area contributed by atoms with Crippen molar-refractivity contribution in [3.63, 3.8) is 0 Å². The molecule has 1 aliphatic heterocycles. The summed E-state index contributed by atoms with van der Waals surface area (Å²) in [4.78, 5) is 16.4. The first-order valence-electron chi connectivity index (χ1n) is 7.36. The maximum Gasteiger partial charge on any atom is 0.417 e. The maximum atomic E-state index is 11.1. The molecule has 2 N–H and O–H groups in total. The fourth-order valence-electron chi connectivity index (χ4n) is 2.89. The summed E-state index contributed by atoms with van der Waals surface area (Å²) in [5.41, 5.74) is 2.41. The van der Waals surface area contributed by atoms with Crippen LogP contribution in [0.4, 0.5) is 5.69 Å². The van der Waals surface area contributed by atoms with Crippen molar-refractivity contribution >= 4 is 16.8 Å². The van der Waals surface area contributed by atoms with Gasteiger partial charge in [0.2, 0.25) is 0 Å². The Labute approximate surface area is 118 Å². The molecular formula is C15H21N3O2. The molecule has 0 saturated carbocycles. The summed E-state index contributed by atoms with van der Waals surface area (Å²) >= 11 is 0. The number of anilines is 1. The van der Waals surface area contributed by atoms with Gasteiger partial charge in [0.15, 0.2) is 5.58 Å². The van der Waals surface area contributed by atoms with E-state index in [2.05, 4.69) is 22.1 Å². The number of nitrogens with zero attached hydrogens (tertiary/aromatic N) is 1. The van der Waals surface area contributed by atoms with Gasteiger partial charge in [0.25, 0.3) is 0 Å². The minimum atomic E-state index is -0.398. The number of aromatic nitrogens is 1. The van der Waals surface area contributed by atoms with Gasteiger partial charge in [-0.15, -0.1) is 0 Å². The topological polar surface area (TPSA) is 61.3 Å². The lowest BCUT2D eigenvalue weighted by atomic mass is 10.0. The van der Waals surface area contributed by atoms with Gasteiger partial charge in [-0.25, -0.2) is 4.79 Å². The zero-order chi connectivity index (χ0) is 13.9. The third kappa shape index (κ3) is 2.88. The van der Waals surface area contributed by atoms with Crippen LogP contribution in [-0.2, 0) is 0 Å². The summed E-state index contributed by atoms with van der Waals surface area (Å²) in [7, 11) is 0. The molecule has 1 saturated heterocycles. The van der Waals surface area contributed by atoms with Gasteiger partial charge in [-0.1, -0.05) is 6.92 Å². The Balaban J connectivity index is 1.63. The van der Waals surface area contributed by atoms with E-state index in [0.29, 0.717) is 11.6 Å². The van der Waals surface area contributed by atoms with Crippen LogP contribution < -0.4 is 11.1 Å². The predicted molar refractivity (Wildman–Crippen MR) is 80.2 cm³/mol. The number of nitrogens with one attached hydrogen (secondary N) is 2. The monoisotopic (exact) mass is 275 g/mol. The molecule has 0 bridgehead atoms. The number of H-pyrrole nitrogens is 1. The fraction of sp³-hybridized carbons (Fsp3) is 0.533. The lowest BCUT2D eigenvalue weighted by Gasteiger charge is -2.32. The van der Waals surface area contributed by atoms with E-state index >= 15 is 0 Å². The Morgan fingerprint density at radius 2 is 2.20 bits per heavy atom. The van der Waals surface area contributed by atoms with E-state index < -0.39 is 5.76 Å². The Kier molecular flexibility index (Phi) is 3.78. The van der Waals surface area contributed by atoms with E-state index in [-0.39, 0.29) is 0 Å². The zero-order valence-electron chi connectivity index (χ0n) is 11.8. The lowest BCUT2D eigenvalue weighted by Crippen LogP contribution is -2.39.